The van der Waals surface area contributed by atoms with Gasteiger partial charge in [-0.3, -0.25) is 4.79 Å². The van der Waals surface area contributed by atoms with Crippen LogP contribution in [-0.4, -0.2) is 43.2 Å². The molecule has 1 saturated heterocycles. The first-order chi connectivity index (χ1) is 9.79. The summed E-state index contributed by atoms with van der Waals surface area (Å²) in [5.41, 5.74) is 1.13. The van der Waals surface area contributed by atoms with E-state index in [-0.39, 0.29) is 24.4 Å². The highest BCUT2D eigenvalue weighted by Crippen LogP contribution is 2.08. The minimum absolute atomic E-state index is 0. The summed E-state index contributed by atoms with van der Waals surface area (Å²) in [4.78, 5) is 14.2. The minimum Gasteiger partial charge on any atom is -0.378 e. The standard InChI is InChI=1S/C16H22N2O2.ClH/c1-2-9-18(12-14-6-4-3-5-7-14)16(19)11-15-13-20-10-8-17-15;/h2-7,15,17H,1,8-13H2;1H. The molecule has 0 aliphatic carbocycles. The normalized spacial score (nSPS) is 17.6. The number of carbonyl (C=O) groups is 1. The summed E-state index contributed by atoms with van der Waals surface area (Å²) >= 11 is 0. The zero-order valence-corrected chi connectivity index (χ0v) is 13.0. The van der Waals surface area contributed by atoms with Crippen molar-refractivity contribution < 1.29 is 9.53 Å². The van der Waals surface area contributed by atoms with E-state index in [1.165, 1.54) is 0 Å². The molecule has 0 aromatic heterocycles. The maximum atomic E-state index is 12.4. The van der Waals surface area contributed by atoms with E-state index < -0.39 is 0 Å². The van der Waals surface area contributed by atoms with Gasteiger partial charge in [-0.15, -0.1) is 19.0 Å². The number of carbonyl (C=O) groups excluding carboxylic acids is 1. The fourth-order valence-corrected chi connectivity index (χ4v) is 2.30. The van der Waals surface area contributed by atoms with Crippen LogP contribution in [-0.2, 0) is 16.1 Å². The molecule has 1 heterocycles. The highest BCUT2D eigenvalue weighted by molar-refractivity contribution is 5.85. The first-order valence-electron chi connectivity index (χ1n) is 7.03. The van der Waals surface area contributed by atoms with Crippen LogP contribution in [0, 0.1) is 0 Å². The van der Waals surface area contributed by atoms with Crippen molar-refractivity contribution in [3.8, 4) is 0 Å². The molecule has 116 valence electrons. The largest absolute Gasteiger partial charge is 0.378 e. The summed E-state index contributed by atoms with van der Waals surface area (Å²) in [6.07, 6.45) is 2.24. The van der Waals surface area contributed by atoms with Gasteiger partial charge in [-0.25, -0.2) is 0 Å². The summed E-state index contributed by atoms with van der Waals surface area (Å²) in [5.74, 6) is 0.136. The van der Waals surface area contributed by atoms with Crippen LogP contribution in [0.15, 0.2) is 43.0 Å². The third-order valence-electron chi connectivity index (χ3n) is 3.34. The van der Waals surface area contributed by atoms with Crippen LogP contribution in [0.3, 0.4) is 0 Å². The molecule has 1 unspecified atom stereocenters. The Morgan fingerprint density at radius 1 is 1.43 bits per heavy atom. The van der Waals surface area contributed by atoms with Gasteiger partial charge in [-0.2, -0.15) is 0 Å². The second-order valence-electron chi connectivity index (χ2n) is 4.98. The fraction of sp³-hybridized carbons (Fsp3) is 0.438. The van der Waals surface area contributed by atoms with Gasteiger partial charge in [-0.05, 0) is 5.56 Å². The van der Waals surface area contributed by atoms with Gasteiger partial charge in [0.15, 0.2) is 0 Å². The number of amides is 1. The lowest BCUT2D eigenvalue weighted by atomic mass is 10.1. The number of rotatable bonds is 6. The lowest BCUT2D eigenvalue weighted by molar-refractivity contribution is -0.132. The molecule has 0 bridgehead atoms. The number of nitrogens with one attached hydrogen (secondary N) is 1. The molecule has 4 nitrogen and oxygen atoms in total. The average Bonchev–Trinajstić information content (AvgIpc) is 2.49. The van der Waals surface area contributed by atoms with E-state index in [1.54, 1.807) is 6.08 Å². The molecule has 1 atom stereocenters. The van der Waals surface area contributed by atoms with Crippen molar-refractivity contribution in [2.45, 2.75) is 19.0 Å². The fourth-order valence-electron chi connectivity index (χ4n) is 2.30. The van der Waals surface area contributed by atoms with Crippen molar-refractivity contribution in [2.24, 2.45) is 0 Å². The highest BCUT2D eigenvalue weighted by Gasteiger charge is 2.20. The van der Waals surface area contributed by atoms with Crippen LogP contribution in [0.25, 0.3) is 0 Å². The van der Waals surface area contributed by atoms with Crippen molar-refractivity contribution >= 4 is 18.3 Å². The van der Waals surface area contributed by atoms with E-state index in [4.69, 9.17) is 4.74 Å². The second kappa shape index (κ2) is 9.55. The molecule has 1 aliphatic heterocycles. The summed E-state index contributed by atoms with van der Waals surface area (Å²) in [7, 11) is 0. The molecule has 2 rings (SSSR count). The molecule has 0 saturated carbocycles. The zero-order chi connectivity index (χ0) is 14.2. The van der Waals surface area contributed by atoms with E-state index in [0.29, 0.717) is 26.1 Å². The van der Waals surface area contributed by atoms with Gasteiger partial charge >= 0.3 is 0 Å². The van der Waals surface area contributed by atoms with Crippen LogP contribution in [0.5, 0.6) is 0 Å². The SMILES string of the molecule is C=CCN(Cc1ccccc1)C(=O)CC1COCCN1.Cl. The monoisotopic (exact) mass is 310 g/mol. The molecule has 1 aromatic carbocycles. The Morgan fingerprint density at radius 3 is 2.81 bits per heavy atom. The number of halogens is 1. The lowest BCUT2D eigenvalue weighted by Crippen LogP contribution is -2.45. The number of ether oxygens (including phenoxy) is 1. The zero-order valence-electron chi connectivity index (χ0n) is 12.2. The molecule has 5 heteroatoms. The molecule has 0 spiro atoms. The summed E-state index contributed by atoms with van der Waals surface area (Å²) < 4.78 is 5.39. The molecular weight excluding hydrogens is 288 g/mol. The average molecular weight is 311 g/mol. The van der Waals surface area contributed by atoms with Gasteiger partial charge in [0.05, 0.1) is 13.2 Å². The summed E-state index contributed by atoms with van der Waals surface area (Å²) in [6.45, 7) is 7.09. The van der Waals surface area contributed by atoms with Crippen molar-refractivity contribution in [3.05, 3.63) is 48.6 Å². The van der Waals surface area contributed by atoms with Gasteiger partial charge in [-0.1, -0.05) is 36.4 Å². The Labute approximate surface area is 132 Å². The van der Waals surface area contributed by atoms with Gasteiger partial charge < -0.3 is 15.0 Å². The molecule has 21 heavy (non-hydrogen) atoms. The molecule has 0 radical (unpaired) electrons. The predicted octanol–water partition coefficient (Wildman–Crippen LogP) is 2.00. The van der Waals surface area contributed by atoms with Crippen molar-refractivity contribution in [2.75, 3.05) is 26.3 Å². The van der Waals surface area contributed by atoms with E-state index in [0.717, 1.165) is 18.7 Å². The van der Waals surface area contributed by atoms with E-state index in [9.17, 15) is 4.79 Å². The first-order valence-corrected chi connectivity index (χ1v) is 7.03. The van der Waals surface area contributed by atoms with Gasteiger partial charge in [0, 0.05) is 32.1 Å². The smallest absolute Gasteiger partial charge is 0.224 e. The van der Waals surface area contributed by atoms with Crippen LogP contribution in [0.2, 0.25) is 0 Å². The van der Waals surface area contributed by atoms with Gasteiger partial charge in [0.25, 0.3) is 0 Å². The number of benzene rings is 1. The molecule has 1 aliphatic rings. The van der Waals surface area contributed by atoms with Crippen molar-refractivity contribution in [3.63, 3.8) is 0 Å². The maximum Gasteiger partial charge on any atom is 0.224 e. The second-order valence-corrected chi connectivity index (χ2v) is 4.98. The summed E-state index contributed by atoms with van der Waals surface area (Å²) in [6, 6.07) is 10.1. The van der Waals surface area contributed by atoms with Crippen LogP contribution < -0.4 is 5.32 Å². The van der Waals surface area contributed by atoms with Crippen LogP contribution in [0.4, 0.5) is 0 Å². The molecule has 1 aromatic rings. The van der Waals surface area contributed by atoms with Gasteiger partial charge in [0.1, 0.15) is 0 Å². The predicted molar refractivity (Wildman–Crippen MR) is 86.5 cm³/mol. The number of hydrogen-bond acceptors (Lipinski definition) is 3. The Balaban J connectivity index is 0.00000220. The van der Waals surface area contributed by atoms with Crippen LogP contribution >= 0.6 is 12.4 Å². The quantitative estimate of drug-likeness (QED) is 0.817. The minimum atomic E-state index is 0. The Morgan fingerprint density at radius 2 is 2.19 bits per heavy atom. The first kappa shape index (κ1) is 17.7. The molecule has 1 fully saturated rings. The third-order valence-corrected chi connectivity index (χ3v) is 3.34. The van der Waals surface area contributed by atoms with E-state index in [1.807, 2.05) is 35.2 Å². The van der Waals surface area contributed by atoms with Gasteiger partial charge in [0.2, 0.25) is 5.91 Å². The lowest BCUT2D eigenvalue weighted by Gasteiger charge is -2.27. The number of morpholine rings is 1. The summed E-state index contributed by atoms with van der Waals surface area (Å²) in [5, 5.41) is 3.31. The maximum absolute atomic E-state index is 12.4. The Hall–Kier alpha value is -1.36. The van der Waals surface area contributed by atoms with Crippen LogP contribution in [0.1, 0.15) is 12.0 Å². The van der Waals surface area contributed by atoms with Crippen molar-refractivity contribution in [1.29, 1.82) is 0 Å². The molecular formula is C16H23ClN2O2. The molecule has 1 N–H and O–H groups in total. The number of hydrogen-bond donors (Lipinski definition) is 1. The Bertz CT molecular complexity index is 433. The van der Waals surface area contributed by atoms with Crippen molar-refractivity contribution in [1.82, 2.24) is 10.2 Å². The topological polar surface area (TPSA) is 41.6 Å². The third kappa shape index (κ3) is 5.87. The highest BCUT2D eigenvalue weighted by atomic mass is 35.5. The molecule has 1 amide bonds. The van der Waals surface area contributed by atoms with E-state index >= 15 is 0 Å². The number of nitrogens with zero attached hydrogens (tertiary/aromatic N) is 1. The Kier molecular flexibility index (Phi) is 8.05. The van der Waals surface area contributed by atoms with E-state index in [2.05, 4.69) is 11.9 Å².